The molecule has 0 aliphatic heterocycles. The molecule has 26 heavy (non-hydrogen) atoms. The number of hydrogen-bond acceptors (Lipinski definition) is 6. The van der Waals surface area contributed by atoms with Gasteiger partial charge in [0.25, 0.3) is 0 Å². The number of rotatable bonds is 9. The van der Waals surface area contributed by atoms with Crippen molar-refractivity contribution in [2.24, 2.45) is 0 Å². The maximum atomic E-state index is 11.9. The Balaban J connectivity index is 1.90. The lowest BCUT2D eigenvalue weighted by atomic mass is 9.91. The fraction of sp³-hybridized carbons (Fsp3) is 0.684. The molecule has 6 nitrogen and oxygen atoms in total. The molecule has 1 fully saturated rings. The van der Waals surface area contributed by atoms with E-state index in [0.717, 1.165) is 30.3 Å². The zero-order valence-electron chi connectivity index (χ0n) is 15.9. The molecule has 3 atom stereocenters. The highest BCUT2D eigenvalue weighted by atomic mass is 79.9. The van der Waals surface area contributed by atoms with E-state index in [1.54, 1.807) is 19.4 Å². The van der Waals surface area contributed by atoms with E-state index in [9.17, 15) is 4.79 Å². The summed E-state index contributed by atoms with van der Waals surface area (Å²) in [5, 5.41) is 7.04. The molecule has 146 valence electrons. The molecular weight excluding hydrogens is 398 g/mol. The van der Waals surface area contributed by atoms with E-state index in [-0.39, 0.29) is 0 Å². The minimum Gasteiger partial charge on any atom is -0.465 e. The highest BCUT2D eigenvalue weighted by molar-refractivity contribution is 9.10. The number of hydrogen-bond donors (Lipinski definition) is 2. The lowest BCUT2D eigenvalue weighted by molar-refractivity contribution is 0.0372. The van der Waals surface area contributed by atoms with Gasteiger partial charge in [-0.05, 0) is 47.7 Å². The number of nitrogens with zero attached hydrogens (tertiary/aromatic N) is 1. The zero-order valence-corrected chi connectivity index (χ0v) is 17.5. The predicted molar refractivity (Wildman–Crippen MR) is 107 cm³/mol. The monoisotopic (exact) mass is 427 g/mol. The van der Waals surface area contributed by atoms with Crippen molar-refractivity contribution >= 4 is 27.7 Å². The molecule has 1 aliphatic rings. The van der Waals surface area contributed by atoms with Crippen molar-refractivity contribution in [1.82, 2.24) is 10.3 Å². The number of halogens is 1. The Morgan fingerprint density at radius 2 is 2.15 bits per heavy atom. The van der Waals surface area contributed by atoms with E-state index >= 15 is 0 Å². The Morgan fingerprint density at radius 3 is 2.85 bits per heavy atom. The molecule has 0 aromatic carbocycles. The van der Waals surface area contributed by atoms with Gasteiger partial charge >= 0.3 is 5.97 Å². The fourth-order valence-electron chi connectivity index (χ4n) is 3.49. The first-order valence-electron chi connectivity index (χ1n) is 9.35. The average molecular weight is 428 g/mol. The van der Waals surface area contributed by atoms with Crippen LogP contribution in [0.25, 0.3) is 0 Å². The van der Waals surface area contributed by atoms with Crippen LogP contribution in [0.3, 0.4) is 0 Å². The maximum Gasteiger partial charge on any atom is 0.341 e. The van der Waals surface area contributed by atoms with E-state index < -0.39 is 5.97 Å². The van der Waals surface area contributed by atoms with Crippen LogP contribution in [0, 0.1) is 0 Å². The van der Waals surface area contributed by atoms with Crippen LogP contribution in [-0.4, -0.2) is 49.9 Å². The zero-order chi connectivity index (χ0) is 18.9. The summed E-state index contributed by atoms with van der Waals surface area (Å²) in [4.78, 5) is 16.2. The number of carbonyl (C=O) groups excluding carboxylic acids is 1. The molecule has 2 rings (SSSR count). The van der Waals surface area contributed by atoms with E-state index in [1.165, 1.54) is 26.4 Å². The third-order valence-electron chi connectivity index (χ3n) is 4.99. The van der Waals surface area contributed by atoms with Crippen molar-refractivity contribution in [1.29, 1.82) is 0 Å². The Labute approximate surface area is 164 Å². The Morgan fingerprint density at radius 1 is 1.38 bits per heavy atom. The molecule has 7 heteroatoms. The van der Waals surface area contributed by atoms with Crippen LogP contribution in [-0.2, 0) is 9.47 Å². The highest BCUT2D eigenvalue weighted by Gasteiger charge is 2.26. The Kier molecular flexibility index (Phi) is 8.81. The Hall–Kier alpha value is -1.18. The summed E-state index contributed by atoms with van der Waals surface area (Å²) in [7, 11) is 3.18. The molecule has 1 aromatic heterocycles. The molecular formula is C19H30BrN3O3. The molecule has 0 saturated heterocycles. The van der Waals surface area contributed by atoms with Crippen LogP contribution in [0.2, 0.25) is 0 Å². The first kappa shape index (κ1) is 21.1. The first-order chi connectivity index (χ1) is 12.6. The molecule has 1 aliphatic carbocycles. The van der Waals surface area contributed by atoms with Gasteiger partial charge in [-0.15, -0.1) is 0 Å². The molecule has 0 amide bonds. The average Bonchev–Trinajstić information content (AvgIpc) is 2.67. The van der Waals surface area contributed by atoms with Crippen LogP contribution in [0.1, 0.15) is 55.8 Å². The quantitative estimate of drug-likeness (QED) is 0.584. The number of nitrogens with one attached hydrogen (secondary N) is 2. The van der Waals surface area contributed by atoms with Gasteiger partial charge in [0.1, 0.15) is 11.4 Å². The van der Waals surface area contributed by atoms with Crippen molar-refractivity contribution in [2.45, 2.75) is 63.6 Å². The fourth-order valence-corrected chi connectivity index (χ4v) is 3.82. The van der Waals surface area contributed by atoms with Crippen molar-refractivity contribution in [3.8, 4) is 0 Å². The summed E-state index contributed by atoms with van der Waals surface area (Å²) < 4.78 is 11.2. The van der Waals surface area contributed by atoms with Crippen LogP contribution in [0.5, 0.6) is 0 Å². The van der Waals surface area contributed by atoms with E-state index in [2.05, 4.69) is 38.5 Å². The lowest BCUT2D eigenvalue weighted by Gasteiger charge is -2.34. The molecule has 1 aromatic rings. The molecule has 2 N–H and O–H groups in total. The topological polar surface area (TPSA) is 72.5 Å². The smallest absolute Gasteiger partial charge is 0.341 e. The second kappa shape index (κ2) is 10.8. The molecule has 0 spiro atoms. The van der Waals surface area contributed by atoms with Gasteiger partial charge in [-0.1, -0.05) is 19.8 Å². The number of aromatic nitrogens is 1. The Bertz CT molecular complexity index is 585. The van der Waals surface area contributed by atoms with Crippen LogP contribution in [0.15, 0.2) is 16.7 Å². The molecule has 3 unspecified atom stereocenters. The summed E-state index contributed by atoms with van der Waals surface area (Å²) in [6.45, 7) is 2.93. The number of pyridine rings is 1. The third kappa shape index (κ3) is 5.93. The molecule has 0 radical (unpaired) electrons. The van der Waals surface area contributed by atoms with Gasteiger partial charge in [0.15, 0.2) is 0 Å². The highest BCUT2D eigenvalue weighted by Crippen LogP contribution is 2.22. The second-order valence-electron chi connectivity index (χ2n) is 6.69. The first-order valence-corrected chi connectivity index (χ1v) is 10.1. The summed E-state index contributed by atoms with van der Waals surface area (Å²) in [5.41, 5.74) is 0.439. The van der Waals surface area contributed by atoms with Crippen LogP contribution < -0.4 is 10.6 Å². The number of ether oxygens (including phenoxy) is 2. The summed E-state index contributed by atoms with van der Waals surface area (Å²) >= 11 is 3.34. The van der Waals surface area contributed by atoms with Crippen molar-refractivity contribution in [3.05, 3.63) is 22.3 Å². The van der Waals surface area contributed by atoms with E-state index in [0.29, 0.717) is 29.6 Å². The van der Waals surface area contributed by atoms with Gasteiger partial charge in [-0.2, -0.15) is 0 Å². The molecule has 0 bridgehead atoms. The number of anilines is 1. The number of esters is 1. The maximum absolute atomic E-state index is 11.9. The molecule has 1 heterocycles. The standard InChI is InChI=1S/C19H30BrN3O3/c1-4-14(23-16-7-5-6-8-17(16)25-2)9-10-21-18-15(19(24)26-3)11-13(20)12-22-18/h11-12,14,16-17,23H,4-10H2,1-3H3,(H,21,22). The number of methoxy groups -OCH3 is 2. The van der Waals surface area contributed by atoms with Crippen molar-refractivity contribution in [2.75, 3.05) is 26.1 Å². The van der Waals surface area contributed by atoms with Gasteiger partial charge in [0.2, 0.25) is 0 Å². The summed E-state index contributed by atoms with van der Waals surface area (Å²) in [6.07, 6.45) is 8.80. The lowest BCUT2D eigenvalue weighted by Crippen LogP contribution is -2.48. The minimum atomic E-state index is -0.392. The predicted octanol–water partition coefficient (Wildman–Crippen LogP) is 3.76. The minimum absolute atomic E-state index is 0.310. The van der Waals surface area contributed by atoms with Gasteiger partial charge in [-0.3, -0.25) is 0 Å². The largest absolute Gasteiger partial charge is 0.465 e. The summed E-state index contributed by atoms with van der Waals surface area (Å²) in [5.74, 6) is 0.166. The number of carbonyl (C=O) groups is 1. The normalized spacial score (nSPS) is 21.2. The second-order valence-corrected chi connectivity index (χ2v) is 7.61. The summed E-state index contributed by atoms with van der Waals surface area (Å²) in [6, 6.07) is 2.55. The van der Waals surface area contributed by atoms with Gasteiger partial charge < -0.3 is 20.1 Å². The van der Waals surface area contributed by atoms with Crippen LogP contribution >= 0.6 is 15.9 Å². The van der Waals surface area contributed by atoms with Crippen molar-refractivity contribution < 1.29 is 14.3 Å². The van der Waals surface area contributed by atoms with Gasteiger partial charge in [0, 0.05) is 36.4 Å². The third-order valence-corrected chi connectivity index (χ3v) is 5.43. The SMILES string of the molecule is CCC(CCNc1ncc(Br)cc1C(=O)OC)NC1CCCCC1OC. The van der Waals surface area contributed by atoms with Gasteiger partial charge in [-0.25, -0.2) is 9.78 Å². The molecule has 1 saturated carbocycles. The van der Waals surface area contributed by atoms with Crippen molar-refractivity contribution in [3.63, 3.8) is 0 Å². The van der Waals surface area contributed by atoms with Crippen LogP contribution in [0.4, 0.5) is 5.82 Å². The van der Waals surface area contributed by atoms with Gasteiger partial charge in [0.05, 0.1) is 13.2 Å². The van der Waals surface area contributed by atoms with E-state index in [1.807, 2.05) is 0 Å². The van der Waals surface area contributed by atoms with E-state index in [4.69, 9.17) is 9.47 Å².